The van der Waals surface area contributed by atoms with E-state index in [1.54, 1.807) is 0 Å². The first-order chi connectivity index (χ1) is 6.72. The van der Waals surface area contributed by atoms with Crippen LogP contribution >= 0.6 is 0 Å². The van der Waals surface area contributed by atoms with Crippen molar-refractivity contribution in [3.05, 3.63) is 17.5 Å². The number of aryl methyl sites for hydroxylation is 1. The molecular weight excluding hydrogens is 174 g/mol. The van der Waals surface area contributed by atoms with Crippen LogP contribution in [0.1, 0.15) is 31.7 Å². The summed E-state index contributed by atoms with van der Waals surface area (Å²) in [6.07, 6.45) is 3.32. The Labute approximate surface area is 86.3 Å². The third-order valence-electron chi connectivity index (χ3n) is 2.17. The second-order valence-electron chi connectivity index (χ2n) is 4.19. The molecule has 0 spiro atoms. The molecule has 3 heteroatoms. The zero-order chi connectivity index (χ0) is 10.4. The molecule has 80 valence electrons. The van der Waals surface area contributed by atoms with Crippen molar-refractivity contribution in [2.24, 2.45) is 5.92 Å². The van der Waals surface area contributed by atoms with Crippen molar-refractivity contribution in [3.8, 4) is 0 Å². The highest BCUT2D eigenvalue weighted by Crippen LogP contribution is 2.07. The summed E-state index contributed by atoms with van der Waals surface area (Å²) < 4.78 is 0. The number of aromatic amines is 1. The molecule has 0 aliphatic heterocycles. The van der Waals surface area contributed by atoms with Crippen molar-refractivity contribution >= 4 is 0 Å². The highest BCUT2D eigenvalue weighted by molar-refractivity contribution is 5.09. The summed E-state index contributed by atoms with van der Waals surface area (Å²) in [6.45, 7) is 5.51. The molecule has 2 N–H and O–H groups in total. The van der Waals surface area contributed by atoms with Crippen molar-refractivity contribution in [2.75, 3.05) is 13.6 Å². The number of aromatic nitrogens is 2. The first kappa shape index (κ1) is 11.2. The number of nitrogens with zero attached hydrogens (tertiary/aromatic N) is 1. The number of hydrogen-bond donors (Lipinski definition) is 2. The molecule has 3 nitrogen and oxygen atoms in total. The van der Waals surface area contributed by atoms with Crippen molar-refractivity contribution in [2.45, 2.75) is 33.1 Å². The maximum Gasteiger partial charge on any atom is 0.0625 e. The minimum atomic E-state index is 0.695. The molecule has 0 bridgehead atoms. The molecule has 1 rings (SSSR count). The fourth-order valence-corrected chi connectivity index (χ4v) is 1.53. The van der Waals surface area contributed by atoms with Gasteiger partial charge in [-0.3, -0.25) is 5.10 Å². The molecule has 1 aromatic heterocycles. The summed E-state index contributed by atoms with van der Waals surface area (Å²) in [4.78, 5) is 0. The van der Waals surface area contributed by atoms with Crippen molar-refractivity contribution in [1.82, 2.24) is 15.5 Å². The Bertz CT molecular complexity index is 253. The minimum absolute atomic E-state index is 0.695. The van der Waals surface area contributed by atoms with Gasteiger partial charge in [-0.05, 0) is 44.8 Å². The molecule has 0 radical (unpaired) electrons. The van der Waals surface area contributed by atoms with Gasteiger partial charge in [0.2, 0.25) is 0 Å². The van der Waals surface area contributed by atoms with Crippen LogP contribution in [0.25, 0.3) is 0 Å². The Morgan fingerprint density at radius 1 is 1.50 bits per heavy atom. The molecule has 0 unspecified atom stereocenters. The van der Waals surface area contributed by atoms with E-state index < -0.39 is 0 Å². The topological polar surface area (TPSA) is 40.7 Å². The average molecular weight is 195 g/mol. The quantitative estimate of drug-likeness (QED) is 0.679. The third-order valence-corrected chi connectivity index (χ3v) is 2.17. The van der Waals surface area contributed by atoms with Crippen LogP contribution in [-0.4, -0.2) is 23.8 Å². The molecule has 0 aromatic carbocycles. The van der Waals surface area contributed by atoms with Gasteiger partial charge < -0.3 is 5.32 Å². The van der Waals surface area contributed by atoms with Gasteiger partial charge in [0.05, 0.1) is 5.69 Å². The lowest BCUT2D eigenvalue weighted by Crippen LogP contribution is -2.08. The second kappa shape index (κ2) is 5.81. The van der Waals surface area contributed by atoms with Crippen LogP contribution < -0.4 is 5.32 Å². The van der Waals surface area contributed by atoms with Gasteiger partial charge in [0.1, 0.15) is 0 Å². The Morgan fingerprint density at radius 2 is 2.29 bits per heavy atom. The first-order valence-corrected chi connectivity index (χ1v) is 5.40. The number of hydrogen-bond acceptors (Lipinski definition) is 2. The lowest BCUT2D eigenvalue weighted by Gasteiger charge is -1.99. The number of nitrogens with one attached hydrogen (secondary N) is 2. The van der Waals surface area contributed by atoms with Gasteiger partial charge in [0.25, 0.3) is 0 Å². The summed E-state index contributed by atoms with van der Waals surface area (Å²) >= 11 is 0. The van der Waals surface area contributed by atoms with E-state index in [1.165, 1.54) is 11.4 Å². The lowest BCUT2D eigenvalue weighted by atomic mass is 10.1. The van der Waals surface area contributed by atoms with Crippen LogP contribution in [-0.2, 0) is 12.8 Å². The van der Waals surface area contributed by atoms with E-state index in [-0.39, 0.29) is 0 Å². The fourth-order valence-electron chi connectivity index (χ4n) is 1.53. The fraction of sp³-hybridized carbons (Fsp3) is 0.727. The van der Waals surface area contributed by atoms with Crippen LogP contribution in [0, 0.1) is 5.92 Å². The van der Waals surface area contributed by atoms with Gasteiger partial charge >= 0.3 is 0 Å². The lowest BCUT2D eigenvalue weighted by molar-refractivity contribution is 0.633. The zero-order valence-corrected chi connectivity index (χ0v) is 9.43. The van der Waals surface area contributed by atoms with E-state index in [4.69, 9.17) is 0 Å². The van der Waals surface area contributed by atoms with Crippen molar-refractivity contribution in [3.63, 3.8) is 0 Å². The molecule has 0 saturated carbocycles. The van der Waals surface area contributed by atoms with Crippen LogP contribution in [0.3, 0.4) is 0 Å². The maximum absolute atomic E-state index is 4.29. The van der Waals surface area contributed by atoms with Crippen molar-refractivity contribution < 1.29 is 0 Å². The predicted octanol–water partition coefficient (Wildman–Crippen LogP) is 1.76. The van der Waals surface area contributed by atoms with Crippen LogP contribution in [0.5, 0.6) is 0 Å². The molecule has 0 aliphatic carbocycles. The van der Waals surface area contributed by atoms with E-state index in [9.17, 15) is 0 Å². The monoisotopic (exact) mass is 195 g/mol. The SMILES string of the molecule is CNCCCc1cc(CC(C)C)[nH]n1. The van der Waals surface area contributed by atoms with Gasteiger partial charge in [0.15, 0.2) is 0 Å². The van der Waals surface area contributed by atoms with Crippen LogP contribution in [0.4, 0.5) is 0 Å². The standard InChI is InChI=1S/C11H21N3/c1-9(2)7-11-8-10(13-14-11)5-4-6-12-3/h8-9,12H,4-7H2,1-3H3,(H,13,14). The number of rotatable bonds is 6. The van der Waals surface area contributed by atoms with Crippen molar-refractivity contribution in [1.29, 1.82) is 0 Å². The Morgan fingerprint density at radius 3 is 2.93 bits per heavy atom. The number of H-pyrrole nitrogens is 1. The molecule has 0 amide bonds. The second-order valence-corrected chi connectivity index (χ2v) is 4.19. The maximum atomic E-state index is 4.29. The van der Waals surface area contributed by atoms with E-state index >= 15 is 0 Å². The Kier molecular flexibility index (Phi) is 4.66. The predicted molar refractivity (Wildman–Crippen MR) is 59.4 cm³/mol. The normalized spacial score (nSPS) is 11.1. The minimum Gasteiger partial charge on any atom is -0.320 e. The van der Waals surface area contributed by atoms with E-state index in [0.29, 0.717) is 5.92 Å². The molecule has 1 aromatic rings. The summed E-state index contributed by atoms with van der Waals surface area (Å²) in [5.74, 6) is 0.695. The highest BCUT2D eigenvalue weighted by atomic mass is 15.1. The average Bonchev–Trinajstić information content (AvgIpc) is 2.52. The summed E-state index contributed by atoms with van der Waals surface area (Å²) in [6, 6.07) is 2.19. The van der Waals surface area contributed by atoms with Gasteiger partial charge in [-0.15, -0.1) is 0 Å². The summed E-state index contributed by atoms with van der Waals surface area (Å²) in [7, 11) is 1.98. The van der Waals surface area contributed by atoms with E-state index in [1.807, 2.05) is 7.05 Å². The zero-order valence-electron chi connectivity index (χ0n) is 9.43. The molecule has 1 heterocycles. The Balaban J connectivity index is 2.35. The van der Waals surface area contributed by atoms with Gasteiger partial charge in [0, 0.05) is 5.69 Å². The van der Waals surface area contributed by atoms with E-state index in [0.717, 1.165) is 25.8 Å². The summed E-state index contributed by atoms with van der Waals surface area (Å²) in [5, 5.41) is 10.5. The molecule has 0 fully saturated rings. The summed E-state index contributed by atoms with van der Waals surface area (Å²) in [5.41, 5.74) is 2.45. The molecule has 14 heavy (non-hydrogen) atoms. The Hall–Kier alpha value is -0.830. The largest absolute Gasteiger partial charge is 0.320 e. The van der Waals surface area contributed by atoms with Gasteiger partial charge in [-0.2, -0.15) is 5.10 Å². The molecule has 0 saturated heterocycles. The highest BCUT2D eigenvalue weighted by Gasteiger charge is 2.02. The van der Waals surface area contributed by atoms with Gasteiger partial charge in [-0.25, -0.2) is 0 Å². The van der Waals surface area contributed by atoms with Crippen LogP contribution in [0.15, 0.2) is 6.07 Å². The first-order valence-electron chi connectivity index (χ1n) is 5.40. The molecule has 0 atom stereocenters. The van der Waals surface area contributed by atoms with Crippen LogP contribution in [0.2, 0.25) is 0 Å². The third kappa shape index (κ3) is 3.92. The van der Waals surface area contributed by atoms with E-state index in [2.05, 4.69) is 35.4 Å². The molecule has 0 aliphatic rings. The smallest absolute Gasteiger partial charge is 0.0625 e. The van der Waals surface area contributed by atoms with Gasteiger partial charge in [-0.1, -0.05) is 13.8 Å². The molecular formula is C11H21N3.